The van der Waals surface area contributed by atoms with Gasteiger partial charge in [0.25, 0.3) is 0 Å². The van der Waals surface area contributed by atoms with Crippen LogP contribution in [0.15, 0.2) is 60.9 Å². The normalized spacial score (nSPS) is 10.7. The average molecular weight is 350 g/mol. The van der Waals surface area contributed by atoms with E-state index in [-0.39, 0.29) is 6.42 Å². The van der Waals surface area contributed by atoms with Crippen molar-refractivity contribution < 1.29 is 14.6 Å². The molecule has 26 heavy (non-hydrogen) atoms. The van der Waals surface area contributed by atoms with Gasteiger partial charge in [0.2, 0.25) is 0 Å². The number of rotatable bonds is 8. The second kappa shape index (κ2) is 8.34. The van der Waals surface area contributed by atoms with Gasteiger partial charge in [0.1, 0.15) is 12.4 Å². The van der Waals surface area contributed by atoms with Crippen LogP contribution in [0.3, 0.4) is 0 Å². The van der Waals surface area contributed by atoms with E-state index in [1.54, 1.807) is 12.3 Å². The van der Waals surface area contributed by atoms with Gasteiger partial charge < -0.3 is 9.84 Å². The van der Waals surface area contributed by atoms with Gasteiger partial charge in [0.15, 0.2) is 0 Å². The van der Waals surface area contributed by atoms with Crippen LogP contribution in [0.25, 0.3) is 11.1 Å². The molecule has 3 aromatic rings. The van der Waals surface area contributed by atoms with Gasteiger partial charge in [-0.1, -0.05) is 43.3 Å². The average Bonchev–Trinajstić information content (AvgIpc) is 3.10. The standard InChI is InChI=1S/C21H22N2O3/c1-2-10-23-14-18(13-22-23)19-11-17(12-21(24)25)8-9-20(19)26-15-16-6-4-3-5-7-16/h3-9,11,13-14H,2,10,12,15H2,1H3,(H,24,25). The molecule has 0 saturated heterocycles. The highest BCUT2D eigenvalue weighted by Gasteiger charge is 2.12. The molecule has 2 aromatic carbocycles. The van der Waals surface area contributed by atoms with Crippen molar-refractivity contribution in [2.75, 3.05) is 0 Å². The Hall–Kier alpha value is -3.08. The summed E-state index contributed by atoms with van der Waals surface area (Å²) < 4.78 is 7.91. The number of hydrogen-bond donors (Lipinski definition) is 1. The van der Waals surface area contributed by atoms with Crippen LogP contribution in [0.5, 0.6) is 5.75 Å². The topological polar surface area (TPSA) is 64.4 Å². The Morgan fingerprint density at radius 2 is 1.96 bits per heavy atom. The molecule has 0 atom stereocenters. The molecule has 5 nitrogen and oxygen atoms in total. The summed E-state index contributed by atoms with van der Waals surface area (Å²) in [5.74, 6) is -0.130. The molecule has 0 bridgehead atoms. The van der Waals surface area contributed by atoms with Crippen LogP contribution in [0.4, 0.5) is 0 Å². The van der Waals surface area contributed by atoms with Gasteiger partial charge in [-0.15, -0.1) is 0 Å². The smallest absolute Gasteiger partial charge is 0.307 e. The van der Waals surface area contributed by atoms with Crippen LogP contribution < -0.4 is 4.74 Å². The van der Waals surface area contributed by atoms with E-state index >= 15 is 0 Å². The number of carbonyl (C=O) groups is 1. The molecule has 0 unspecified atom stereocenters. The number of aliphatic carboxylic acids is 1. The van der Waals surface area contributed by atoms with E-state index < -0.39 is 5.97 Å². The molecule has 0 fully saturated rings. The van der Waals surface area contributed by atoms with Crippen LogP contribution >= 0.6 is 0 Å². The summed E-state index contributed by atoms with van der Waals surface area (Å²) in [4.78, 5) is 11.1. The Morgan fingerprint density at radius 1 is 1.15 bits per heavy atom. The molecule has 3 rings (SSSR count). The minimum absolute atomic E-state index is 0.0188. The summed E-state index contributed by atoms with van der Waals surface area (Å²) in [7, 11) is 0. The summed E-state index contributed by atoms with van der Waals surface area (Å²) in [5, 5.41) is 13.5. The lowest BCUT2D eigenvalue weighted by Gasteiger charge is -2.12. The van der Waals surface area contributed by atoms with Crippen molar-refractivity contribution in [3.63, 3.8) is 0 Å². The lowest BCUT2D eigenvalue weighted by molar-refractivity contribution is -0.136. The Kier molecular flexibility index (Phi) is 5.69. The van der Waals surface area contributed by atoms with E-state index in [1.807, 2.05) is 53.3 Å². The predicted octanol–water partition coefficient (Wildman–Crippen LogP) is 4.17. The second-order valence-electron chi connectivity index (χ2n) is 6.17. The number of hydrogen-bond acceptors (Lipinski definition) is 3. The molecule has 5 heteroatoms. The maximum Gasteiger partial charge on any atom is 0.307 e. The van der Waals surface area contributed by atoms with Crippen molar-refractivity contribution in [1.29, 1.82) is 0 Å². The van der Waals surface area contributed by atoms with E-state index in [9.17, 15) is 4.79 Å². The number of benzene rings is 2. The van der Waals surface area contributed by atoms with Crippen LogP contribution in [0.1, 0.15) is 24.5 Å². The van der Waals surface area contributed by atoms with Crippen molar-refractivity contribution in [2.45, 2.75) is 32.9 Å². The molecular formula is C21H22N2O3. The molecule has 1 aromatic heterocycles. The van der Waals surface area contributed by atoms with Gasteiger partial charge in [-0.25, -0.2) is 0 Å². The first-order valence-corrected chi connectivity index (χ1v) is 8.70. The Bertz CT molecular complexity index is 872. The number of aryl methyl sites for hydroxylation is 1. The van der Waals surface area contributed by atoms with Crippen LogP contribution in [-0.2, 0) is 24.4 Å². The Balaban J connectivity index is 1.89. The van der Waals surface area contributed by atoms with Gasteiger partial charge in [-0.2, -0.15) is 5.10 Å². The Labute approximate surface area is 152 Å². The lowest BCUT2D eigenvalue weighted by Crippen LogP contribution is -2.02. The fraction of sp³-hybridized carbons (Fsp3) is 0.238. The molecular weight excluding hydrogens is 328 g/mol. The summed E-state index contributed by atoms with van der Waals surface area (Å²) in [5.41, 5.74) is 3.60. The highest BCUT2D eigenvalue weighted by Crippen LogP contribution is 2.32. The molecule has 0 aliphatic heterocycles. The zero-order valence-corrected chi connectivity index (χ0v) is 14.8. The van der Waals surface area contributed by atoms with Gasteiger partial charge in [0.05, 0.1) is 12.6 Å². The summed E-state index contributed by atoms with van der Waals surface area (Å²) in [6, 6.07) is 15.5. The van der Waals surface area contributed by atoms with Gasteiger partial charge in [0, 0.05) is 23.9 Å². The van der Waals surface area contributed by atoms with E-state index in [0.717, 1.165) is 41.0 Å². The number of carboxylic acids is 1. The molecule has 0 spiro atoms. The lowest BCUT2D eigenvalue weighted by atomic mass is 10.0. The molecule has 0 aliphatic rings. The summed E-state index contributed by atoms with van der Waals surface area (Å²) in [6.07, 6.45) is 4.75. The van der Waals surface area contributed by atoms with Gasteiger partial charge in [-0.3, -0.25) is 9.48 Å². The minimum Gasteiger partial charge on any atom is -0.488 e. The molecule has 1 heterocycles. The third-order valence-electron chi connectivity index (χ3n) is 4.03. The molecule has 134 valence electrons. The fourth-order valence-corrected chi connectivity index (χ4v) is 2.80. The Morgan fingerprint density at radius 3 is 2.69 bits per heavy atom. The van der Waals surface area contributed by atoms with Crippen molar-refractivity contribution >= 4 is 5.97 Å². The van der Waals surface area contributed by atoms with E-state index in [0.29, 0.717) is 6.61 Å². The SMILES string of the molecule is CCCn1cc(-c2cc(CC(=O)O)ccc2OCc2ccccc2)cn1. The summed E-state index contributed by atoms with van der Waals surface area (Å²) in [6.45, 7) is 3.40. The fourth-order valence-electron chi connectivity index (χ4n) is 2.80. The first-order chi connectivity index (χ1) is 12.7. The first-order valence-electron chi connectivity index (χ1n) is 8.70. The summed E-state index contributed by atoms with van der Waals surface area (Å²) >= 11 is 0. The van der Waals surface area contributed by atoms with Crippen molar-refractivity contribution in [3.8, 4) is 16.9 Å². The van der Waals surface area contributed by atoms with Crippen molar-refractivity contribution in [2.24, 2.45) is 0 Å². The van der Waals surface area contributed by atoms with Crippen LogP contribution in [0, 0.1) is 0 Å². The predicted molar refractivity (Wildman–Crippen MR) is 100 cm³/mol. The number of nitrogens with zero attached hydrogens (tertiary/aromatic N) is 2. The number of ether oxygens (including phenoxy) is 1. The van der Waals surface area contributed by atoms with E-state index in [1.165, 1.54) is 0 Å². The van der Waals surface area contributed by atoms with Crippen LogP contribution in [0.2, 0.25) is 0 Å². The largest absolute Gasteiger partial charge is 0.488 e. The first kappa shape index (κ1) is 17.7. The van der Waals surface area contributed by atoms with E-state index in [4.69, 9.17) is 9.84 Å². The van der Waals surface area contributed by atoms with Crippen molar-refractivity contribution in [3.05, 3.63) is 72.1 Å². The van der Waals surface area contributed by atoms with Crippen molar-refractivity contribution in [1.82, 2.24) is 9.78 Å². The maximum absolute atomic E-state index is 11.1. The number of carboxylic acid groups (broad SMARTS) is 1. The third-order valence-corrected chi connectivity index (χ3v) is 4.03. The maximum atomic E-state index is 11.1. The van der Waals surface area contributed by atoms with Crippen LogP contribution in [-0.4, -0.2) is 20.9 Å². The molecule has 0 saturated carbocycles. The molecule has 0 radical (unpaired) electrons. The zero-order chi connectivity index (χ0) is 18.4. The monoisotopic (exact) mass is 350 g/mol. The number of aromatic nitrogens is 2. The highest BCUT2D eigenvalue weighted by atomic mass is 16.5. The van der Waals surface area contributed by atoms with Gasteiger partial charge in [-0.05, 0) is 29.7 Å². The minimum atomic E-state index is -0.851. The quantitative estimate of drug-likeness (QED) is 0.662. The molecule has 1 N–H and O–H groups in total. The third kappa shape index (κ3) is 4.51. The molecule has 0 aliphatic carbocycles. The second-order valence-corrected chi connectivity index (χ2v) is 6.17. The van der Waals surface area contributed by atoms with E-state index in [2.05, 4.69) is 12.0 Å². The van der Waals surface area contributed by atoms with Gasteiger partial charge >= 0.3 is 5.97 Å². The molecule has 0 amide bonds. The highest BCUT2D eigenvalue weighted by molar-refractivity contribution is 5.74. The zero-order valence-electron chi connectivity index (χ0n) is 14.8.